The summed E-state index contributed by atoms with van der Waals surface area (Å²) in [4.78, 5) is -1.49. The van der Waals surface area contributed by atoms with E-state index >= 15 is 0 Å². The van der Waals surface area contributed by atoms with Gasteiger partial charge in [0.2, 0.25) is 0 Å². The van der Waals surface area contributed by atoms with Crippen LogP contribution in [0.4, 0.5) is 0 Å². The van der Waals surface area contributed by atoms with Gasteiger partial charge in [-0.25, -0.2) is 0 Å². The maximum Gasteiger partial charge on any atom is 0.252 e. The van der Waals surface area contributed by atoms with Crippen LogP contribution in [0.15, 0.2) is 69.7 Å². The van der Waals surface area contributed by atoms with Gasteiger partial charge in [-0.05, 0) is 42.4 Å². The molecule has 3 rings (SSSR count). The highest BCUT2D eigenvalue weighted by atomic mass is 79.9. The van der Waals surface area contributed by atoms with E-state index in [0.717, 1.165) is 10.0 Å². The molecule has 4 nitrogen and oxygen atoms in total. The molecule has 1 unspecified atom stereocenters. The van der Waals surface area contributed by atoms with Gasteiger partial charge < -0.3 is 14.2 Å². The third-order valence-electron chi connectivity index (χ3n) is 3.66. The number of halogens is 1. The van der Waals surface area contributed by atoms with Crippen LogP contribution >= 0.6 is 15.9 Å². The number of aliphatic hydroxyl groups is 1. The minimum Gasteiger partial charge on any atom is -0.614 e. The van der Waals surface area contributed by atoms with Gasteiger partial charge in [-0.2, -0.15) is 0 Å². The highest BCUT2D eigenvalue weighted by Crippen LogP contribution is 2.37. The van der Waals surface area contributed by atoms with Crippen molar-refractivity contribution in [2.45, 2.75) is 18.8 Å². The van der Waals surface area contributed by atoms with Crippen LogP contribution in [-0.2, 0) is 16.1 Å². The van der Waals surface area contributed by atoms with Crippen LogP contribution in [0.25, 0.3) is 11.3 Å². The molecular formula is C19H20BrNO3S. The maximum atomic E-state index is 11.7. The van der Waals surface area contributed by atoms with Crippen molar-refractivity contribution in [2.75, 3.05) is 6.26 Å². The molecule has 0 radical (unpaired) electrons. The monoisotopic (exact) mass is 421 g/mol. The number of aromatic nitrogens is 1. The fourth-order valence-corrected chi connectivity index (χ4v) is 3.04. The first-order valence-corrected chi connectivity index (χ1v) is 9.97. The largest absolute Gasteiger partial charge is 0.614 e. The molecule has 0 amide bonds. The summed E-state index contributed by atoms with van der Waals surface area (Å²) < 4.78 is 18.0. The Morgan fingerprint density at radius 2 is 1.56 bits per heavy atom. The van der Waals surface area contributed by atoms with E-state index in [9.17, 15) is 9.66 Å². The summed E-state index contributed by atoms with van der Waals surface area (Å²) >= 11 is 1.90. The molecule has 1 N–H and O–H groups in total. The standard InChI is InChI=1S/C13H14BrNO3S.C6H6/c1-8-11(13(2,16)19(3)17)12(18-15-8)9-4-6-10(14)7-5-9;1-2-4-6-5-3-1/h4-7,16H,1-3H3;1-6H/t13?,19-;/m0./s1. The summed E-state index contributed by atoms with van der Waals surface area (Å²) in [6.45, 7) is 3.23. The Hall–Kier alpha value is -1.60. The molecule has 0 bridgehead atoms. The first kappa shape index (κ1) is 19.7. The Morgan fingerprint density at radius 3 is 2.00 bits per heavy atom. The van der Waals surface area contributed by atoms with Gasteiger partial charge >= 0.3 is 0 Å². The van der Waals surface area contributed by atoms with Gasteiger partial charge in [-0.1, -0.05) is 57.5 Å². The highest BCUT2D eigenvalue weighted by Gasteiger charge is 2.40. The lowest BCUT2D eigenvalue weighted by Crippen LogP contribution is -2.32. The van der Waals surface area contributed by atoms with Crippen LogP contribution in [0, 0.1) is 6.92 Å². The molecule has 0 spiro atoms. The van der Waals surface area contributed by atoms with E-state index in [2.05, 4.69) is 21.1 Å². The Balaban J connectivity index is 0.000000316. The van der Waals surface area contributed by atoms with E-state index in [-0.39, 0.29) is 0 Å². The van der Waals surface area contributed by atoms with Gasteiger partial charge in [0.05, 0.1) is 11.9 Å². The summed E-state index contributed by atoms with van der Waals surface area (Å²) in [5.41, 5.74) is 1.79. The molecule has 0 aliphatic carbocycles. The predicted octanol–water partition coefficient (Wildman–Crippen LogP) is 4.64. The lowest BCUT2D eigenvalue weighted by atomic mass is 10.0. The van der Waals surface area contributed by atoms with Crippen LogP contribution in [0.5, 0.6) is 0 Å². The fraction of sp³-hybridized carbons (Fsp3) is 0.211. The van der Waals surface area contributed by atoms with Gasteiger partial charge in [0.1, 0.15) is 5.56 Å². The number of hydrogen-bond donors (Lipinski definition) is 1. The van der Waals surface area contributed by atoms with Crippen LogP contribution < -0.4 is 0 Å². The molecule has 6 heteroatoms. The summed E-state index contributed by atoms with van der Waals surface area (Å²) in [7, 11) is 0. The number of aryl methyl sites for hydroxylation is 1. The van der Waals surface area contributed by atoms with E-state index in [1.54, 1.807) is 6.92 Å². The second-order valence-corrected chi connectivity index (χ2v) is 8.19. The average Bonchev–Trinajstić information content (AvgIpc) is 3.00. The van der Waals surface area contributed by atoms with Crippen LogP contribution in [0.1, 0.15) is 18.2 Å². The summed E-state index contributed by atoms with van der Waals surface area (Å²) in [6, 6.07) is 19.4. The lowest BCUT2D eigenvalue weighted by molar-refractivity contribution is 0.145. The van der Waals surface area contributed by atoms with E-state index in [1.165, 1.54) is 13.2 Å². The van der Waals surface area contributed by atoms with Gasteiger partial charge in [-0.3, -0.25) is 0 Å². The quantitative estimate of drug-likeness (QED) is 0.625. The summed E-state index contributed by atoms with van der Waals surface area (Å²) in [5.74, 6) is 0.449. The average molecular weight is 422 g/mol. The summed E-state index contributed by atoms with van der Waals surface area (Å²) in [5, 5.41) is 14.3. The Labute approximate surface area is 159 Å². The van der Waals surface area contributed by atoms with Crippen LogP contribution in [-0.4, -0.2) is 21.1 Å². The van der Waals surface area contributed by atoms with Crippen LogP contribution in [0.2, 0.25) is 0 Å². The zero-order valence-electron chi connectivity index (χ0n) is 14.3. The molecule has 132 valence electrons. The number of nitrogens with zero attached hydrogens (tertiary/aromatic N) is 1. The van der Waals surface area contributed by atoms with Gasteiger partial charge in [-0.15, -0.1) is 0 Å². The third-order valence-corrected chi connectivity index (χ3v) is 5.51. The second kappa shape index (κ2) is 8.67. The summed E-state index contributed by atoms with van der Waals surface area (Å²) in [6.07, 6.45) is 1.46. The maximum absolute atomic E-state index is 11.7. The molecule has 1 aromatic heterocycles. The molecule has 0 aliphatic heterocycles. The minimum atomic E-state index is -1.49. The Morgan fingerprint density at radius 1 is 1.08 bits per heavy atom. The zero-order valence-corrected chi connectivity index (χ0v) is 16.7. The third kappa shape index (κ3) is 4.95. The topological polar surface area (TPSA) is 69.3 Å². The van der Waals surface area contributed by atoms with E-state index in [0.29, 0.717) is 17.0 Å². The molecule has 0 saturated carbocycles. The minimum absolute atomic E-state index is 0.449. The van der Waals surface area contributed by atoms with E-state index in [1.807, 2.05) is 60.7 Å². The molecule has 25 heavy (non-hydrogen) atoms. The normalized spacial score (nSPS) is 14.2. The van der Waals surface area contributed by atoms with Crippen molar-refractivity contribution in [1.82, 2.24) is 5.16 Å². The van der Waals surface area contributed by atoms with Crippen molar-refractivity contribution in [1.29, 1.82) is 0 Å². The van der Waals surface area contributed by atoms with Gasteiger partial charge in [0, 0.05) is 17.0 Å². The molecule has 3 aromatic rings. The molecule has 0 saturated heterocycles. The number of rotatable bonds is 3. The SMILES string of the molecule is Cc1noc(-c2ccc(Br)cc2)c1C(C)(O)[S@+](C)[O-].c1ccccc1. The number of hydrogen-bond acceptors (Lipinski definition) is 4. The zero-order chi connectivity index (χ0) is 18.4. The Kier molecular flexibility index (Phi) is 6.84. The van der Waals surface area contributed by atoms with Crippen molar-refractivity contribution < 1.29 is 14.2 Å². The van der Waals surface area contributed by atoms with Crippen molar-refractivity contribution in [2.24, 2.45) is 0 Å². The Bertz CT molecular complexity index is 759. The predicted molar refractivity (Wildman–Crippen MR) is 104 cm³/mol. The van der Waals surface area contributed by atoms with Gasteiger partial charge in [0.15, 0.2) is 5.76 Å². The lowest BCUT2D eigenvalue weighted by Gasteiger charge is -2.24. The molecule has 0 fully saturated rings. The molecule has 0 aliphatic rings. The second-order valence-electron chi connectivity index (χ2n) is 5.57. The first-order valence-electron chi connectivity index (χ1n) is 7.62. The van der Waals surface area contributed by atoms with Gasteiger partial charge in [0.25, 0.3) is 4.93 Å². The first-order chi connectivity index (χ1) is 11.8. The molecule has 1 heterocycles. The molecule has 2 aromatic carbocycles. The highest BCUT2D eigenvalue weighted by molar-refractivity contribution is 9.10. The van der Waals surface area contributed by atoms with Crippen molar-refractivity contribution in [3.8, 4) is 11.3 Å². The van der Waals surface area contributed by atoms with Crippen molar-refractivity contribution in [3.63, 3.8) is 0 Å². The van der Waals surface area contributed by atoms with E-state index in [4.69, 9.17) is 4.52 Å². The van der Waals surface area contributed by atoms with E-state index < -0.39 is 16.1 Å². The fourth-order valence-electron chi connectivity index (χ4n) is 2.24. The van der Waals surface area contributed by atoms with Crippen molar-refractivity contribution >= 4 is 27.1 Å². The van der Waals surface area contributed by atoms with Crippen molar-refractivity contribution in [3.05, 3.63) is 76.4 Å². The van der Waals surface area contributed by atoms with Crippen LogP contribution in [0.3, 0.4) is 0 Å². The molecule has 2 atom stereocenters. The molecular weight excluding hydrogens is 402 g/mol. The smallest absolute Gasteiger partial charge is 0.252 e. The number of benzene rings is 2.